The van der Waals surface area contributed by atoms with Crippen LogP contribution in [0.3, 0.4) is 0 Å². The number of benzene rings is 2. The van der Waals surface area contributed by atoms with E-state index in [0.717, 1.165) is 6.42 Å². The summed E-state index contributed by atoms with van der Waals surface area (Å²) in [5, 5.41) is 1.59. The van der Waals surface area contributed by atoms with Gasteiger partial charge in [0.15, 0.2) is 0 Å². The van der Waals surface area contributed by atoms with Crippen molar-refractivity contribution in [3.63, 3.8) is 0 Å². The molecule has 0 nitrogen and oxygen atoms in total. The standard InChI is InChI=1S/C21H26Si/c1-18(22(2,3)4)21(17-20-13-9-6-10-14-20)16-15-19-11-7-5-8-12-19/h5-16H,17H2,1-4H3/b16-15+,21-18+. The molecule has 1 heteroatoms. The van der Waals surface area contributed by atoms with Crippen LogP contribution in [0, 0.1) is 0 Å². The first-order valence-corrected chi connectivity index (χ1v) is 11.4. The Hall–Kier alpha value is -1.86. The summed E-state index contributed by atoms with van der Waals surface area (Å²) in [7, 11) is -1.29. The van der Waals surface area contributed by atoms with E-state index in [1.54, 1.807) is 5.20 Å². The van der Waals surface area contributed by atoms with E-state index in [9.17, 15) is 0 Å². The summed E-state index contributed by atoms with van der Waals surface area (Å²) in [6.07, 6.45) is 5.57. The van der Waals surface area contributed by atoms with Crippen LogP contribution in [0.2, 0.25) is 19.6 Å². The molecule has 0 amide bonds. The van der Waals surface area contributed by atoms with Crippen molar-refractivity contribution in [2.24, 2.45) is 0 Å². The van der Waals surface area contributed by atoms with Crippen LogP contribution in [0.5, 0.6) is 0 Å². The molecular weight excluding hydrogens is 280 g/mol. The van der Waals surface area contributed by atoms with Crippen LogP contribution in [0.4, 0.5) is 0 Å². The van der Waals surface area contributed by atoms with Crippen molar-refractivity contribution < 1.29 is 0 Å². The monoisotopic (exact) mass is 306 g/mol. The average molecular weight is 307 g/mol. The van der Waals surface area contributed by atoms with Gasteiger partial charge in [-0.25, -0.2) is 0 Å². The summed E-state index contributed by atoms with van der Waals surface area (Å²) in [6, 6.07) is 21.3. The Balaban J connectivity index is 2.32. The molecular formula is C21H26Si. The molecule has 0 saturated heterocycles. The summed E-state index contributed by atoms with van der Waals surface area (Å²) in [5.41, 5.74) is 4.11. The fourth-order valence-corrected chi connectivity index (χ4v) is 3.51. The third kappa shape index (κ3) is 4.85. The van der Waals surface area contributed by atoms with Crippen LogP contribution in [-0.4, -0.2) is 8.07 Å². The Labute approximate surface area is 136 Å². The Morgan fingerprint density at radius 1 is 0.864 bits per heavy atom. The second-order valence-electron chi connectivity index (χ2n) is 6.81. The molecule has 0 N–H and O–H groups in total. The fourth-order valence-electron chi connectivity index (χ4n) is 2.37. The quantitative estimate of drug-likeness (QED) is 0.460. The van der Waals surface area contributed by atoms with E-state index >= 15 is 0 Å². The minimum absolute atomic E-state index is 1.01. The molecule has 2 aromatic rings. The van der Waals surface area contributed by atoms with Gasteiger partial charge >= 0.3 is 0 Å². The SMILES string of the molecule is C/C(=C(/C=C/c1ccccc1)Cc1ccccc1)[Si](C)(C)C. The molecule has 22 heavy (non-hydrogen) atoms. The summed E-state index contributed by atoms with van der Waals surface area (Å²) in [5.74, 6) is 0. The van der Waals surface area contributed by atoms with Gasteiger partial charge < -0.3 is 0 Å². The Morgan fingerprint density at radius 2 is 1.41 bits per heavy atom. The largest absolute Gasteiger partial charge is 0.0806 e. The molecule has 2 rings (SSSR count). The van der Waals surface area contributed by atoms with Crippen molar-refractivity contribution in [1.82, 2.24) is 0 Å². The van der Waals surface area contributed by atoms with Gasteiger partial charge in [0.1, 0.15) is 0 Å². The van der Waals surface area contributed by atoms with Crippen LogP contribution < -0.4 is 0 Å². The lowest BCUT2D eigenvalue weighted by Crippen LogP contribution is -2.23. The van der Waals surface area contributed by atoms with Crippen LogP contribution in [0.15, 0.2) is 77.5 Å². The minimum atomic E-state index is -1.29. The van der Waals surface area contributed by atoms with E-state index in [1.807, 2.05) is 0 Å². The van der Waals surface area contributed by atoms with E-state index in [2.05, 4.69) is 99.4 Å². The molecule has 0 aliphatic carbocycles. The second-order valence-corrected chi connectivity index (χ2v) is 12.1. The smallest absolute Gasteiger partial charge is 0.0724 e. The first kappa shape index (κ1) is 16.5. The van der Waals surface area contributed by atoms with Crippen molar-refractivity contribution in [2.45, 2.75) is 33.0 Å². The van der Waals surface area contributed by atoms with Crippen LogP contribution in [-0.2, 0) is 6.42 Å². The van der Waals surface area contributed by atoms with Gasteiger partial charge in [0, 0.05) is 0 Å². The van der Waals surface area contributed by atoms with E-state index in [0.29, 0.717) is 0 Å². The van der Waals surface area contributed by atoms with Crippen molar-refractivity contribution in [2.75, 3.05) is 0 Å². The molecule has 0 fully saturated rings. The Bertz CT molecular complexity index is 643. The number of hydrogen-bond acceptors (Lipinski definition) is 0. The highest BCUT2D eigenvalue weighted by atomic mass is 28.3. The van der Waals surface area contributed by atoms with E-state index in [-0.39, 0.29) is 0 Å². The highest BCUT2D eigenvalue weighted by Gasteiger charge is 2.18. The topological polar surface area (TPSA) is 0 Å². The van der Waals surface area contributed by atoms with Crippen LogP contribution in [0.1, 0.15) is 18.1 Å². The molecule has 0 unspecified atom stereocenters. The Kier molecular flexibility index (Phi) is 5.56. The zero-order valence-electron chi connectivity index (χ0n) is 14.1. The van der Waals surface area contributed by atoms with Crippen molar-refractivity contribution in [1.29, 1.82) is 0 Å². The second kappa shape index (κ2) is 7.41. The third-order valence-corrected chi connectivity index (χ3v) is 6.69. The zero-order valence-corrected chi connectivity index (χ0v) is 15.1. The molecule has 0 spiro atoms. The number of rotatable bonds is 5. The maximum absolute atomic E-state index is 2.42. The summed E-state index contributed by atoms with van der Waals surface area (Å²) >= 11 is 0. The predicted octanol–water partition coefficient (Wildman–Crippen LogP) is 6.14. The molecule has 0 radical (unpaired) electrons. The van der Waals surface area contributed by atoms with Crippen molar-refractivity contribution in [3.8, 4) is 0 Å². The summed E-state index contributed by atoms with van der Waals surface area (Å²) in [6.45, 7) is 9.58. The molecule has 0 aromatic heterocycles. The van der Waals surface area contributed by atoms with Gasteiger partial charge in [0.2, 0.25) is 0 Å². The molecule has 0 aliphatic heterocycles. The number of allylic oxidation sites excluding steroid dienone is 3. The van der Waals surface area contributed by atoms with Gasteiger partial charge in [0.05, 0.1) is 8.07 Å². The number of hydrogen-bond donors (Lipinski definition) is 0. The van der Waals surface area contributed by atoms with E-state index in [1.165, 1.54) is 16.7 Å². The maximum atomic E-state index is 2.42. The molecule has 0 atom stereocenters. The summed E-state index contributed by atoms with van der Waals surface area (Å²) < 4.78 is 0. The van der Waals surface area contributed by atoms with E-state index < -0.39 is 8.07 Å². The first-order chi connectivity index (χ1) is 10.5. The fraction of sp³-hybridized carbons (Fsp3) is 0.238. The highest BCUT2D eigenvalue weighted by molar-refractivity contribution is 6.83. The van der Waals surface area contributed by atoms with Gasteiger partial charge in [-0.05, 0) is 30.0 Å². The van der Waals surface area contributed by atoms with Gasteiger partial charge in [0.25, 0.3) is 0 Å². The summed E-state index contributed by atoms with van der Waals surface area (Å²) in [4.78, 5) is 0. The molecule has 114 valence electrons. The van der Waals surface area contributed by atoms with Crippen molar-refractivity contribution in [3.05, 3.63) is 88.6 Å². The van der Waals surface area contributed by atoms with Crippen LogP contribution >= 0.6 is 0 Å². The highest BCUT2D eigenvalue weighted by Crippen LogP contribution is 2.23. The average Bonchev–Trinajstić information content (AvgIpc) is 2.52. The van der Waals surface area contributed by atoms with E-state index in [4.69, 9.17) is 0 Å². The lowest BCUT2D eigenvalue weighted by molar-refractivity contribution is 1.17. The van der Waals surface area contributed by atoms with Crippen molar-refractivity contribution >= 4 is 14.1 Å². The molecule has 0 bridgehead atoms. The third-order valence-electron chi connectivity index (χ3n) is 4.12. The maximum Gasteiger partial charge on any atom is 0.0724 e. The van der Waals surface area contributed by atoms with Crippen LogP contribution in [0.25, 0.3) is 6.08 Å². The predicted molar refractivity (Wildman–Crippen MR) is 102 cm³/mol. The normalized spacial score (nSPS) is 13.3. The van der Waals surface area contributed by atoms with Gasteiger partial charge in [-0.1, -0.05) is 97.7 Å². The molecule has 0 heterocycles. The van der Waals surface area contributed by atoms with Gasteiger partial charge in [-0.2, -0.15) is 0 Å². The Morgan fingerprint density at radius 3 is 1.95 bits per heavy atom. The van der Waals surface area contributed by atoms with Gasteiger partial charge in [-0.15, -0.1) is 0 Å². The lowest BCUT2D eigenvalue weighted by Gasteiger charge is -2.21. The molecule has 2 aromatic carbocycles. The minimum Gasteiger partial charge on any atom is -0.0806 e. The zero-order chi connectivity index (χ0) is 16.0. The molecule has 0 saturated carbocycles. The lowest BCUT2D eigenvalue weighted by atomic mass is 10.0. The molecule has 0 aliphatic rings. The van der Waals surface area contributed by atoms with Gasteiger partial charge in [-0.3, -0.25) is 0 Å². The first-order valence-electron chi connectivity index (χ1n) is 7.94.